The molecule has 1 atom stereocenters. The lowest BCUT2D eigenvalue weighted by atomic mass is 9.71. The molecule has 3 fully saturated rings. The van der Waals surface area contributed by atoms with E-state index in [1.54, 1.807) is 11.3 Å². The molecule has 1 unspecified atom stereocenters. The molecule has 1 amide bonds. The van der Waals surface area contributed by atoms with E-state index in [0.29, 0.717) is 5.41 Å². The Labute approximate surface area is 260 Å². The monoisotopic (exact) mass is 597 g/mol. The highest BCUT2D eigenvalue weighted by molar-refractivity contribution is 7.21. The highest BCUT2D eigenvalue weighted by Crippen LogP contribution is 2.45. The molecule has 0 radical (unpaired) electrons. The van der Waals surface area contributed by atoms with Crippen LogP contribution in [-0.4, -0.2) is 73.0 Å². The molecule has 43 heavy (non-hydrogen) atoms. The Hall–Kier alpha value is -2.87. The van der Waals surface area contributed by atoms with Crippen molar-refractivity contribution in [3.63, 3.8) is 0 Å². The first-order valence-electron chi connectivity index (χ1n) is 16.5. The highest BCUT2D eigenvalue weighted by Gasteiger charge is 2.47. The Bertz CT molecular complexity index is 1550. The van der Waals surface area contributed by atoms with Gasteiger partial charge in [0.15, 0.2) is 0 Å². The van der Waals surface area contributed by atoms with E-state index in [2.05, 4.69) is 82.2 Å². The topological polar surface area (TPSA) is 68.6 Å². The number of primary amides is 1. The number of anilines is 1. The van der Waals surface area contributed by atoms with Crippen LogP contribution in [-0.2, 0) is 6.42 Å². The van der Waals surface area contributed by atoms with Gasteiger partial charge in [0, 0.05) is 53.8 Å². The Morgan fingerprint density at radius 3 is 2.56 bits per heavy atom. The number of hydrogen-bond donors (Lipinski definition) is 2. The van der Waals surface area contributed by atoms with Gasteiger partial charge in [-0.05, 0) is 111 Å². The number of nitrogens with two attached hydrogens (primary N) is 1. The molecule has 3 N–H and O–H groups in total. The number of thiophene rings is 1. The van der Waals surface area contributed by atoms with Gasteiger partial charge in [-0.25, -0.2) is 0 Å². The van der Waals surface area contributed by atoms with Gasteiger partial charge >= 0.3 is 0 Å². The zero-order valence-electron chi connectivity index (χ0n) is 25.9. The van der Waals surface area contributed by atoms with Crippen molar-refractivity contribution in [2.45, 2.75) is 70.3 Å². The molecule has 228 valence electrons. The third-order valence-electron chi connectivity index (χ3n) is 10.8. The van der Waals surface area contributed by atoms with Gasteiger partial charge in [-0.3, -0.25) is 9.69 Å². The van der Waals surface area contributed by atoms with Crippen molar-refractivity contribution in [2.75, 3.05) is 51.2 Å². The van der Waals surface area contributed by atoms with Crippen molar-refractivity contribution in [3.8, 4) is 0 Å². The predicted octanol–water partition coefficient (Wildman–Crippen LogP) is 6.99. The second-order valence-electron chi connectivity index (χ2n) is 13.7. The van der Waals surface area contributed by atoms with E-state index in [1.807, 2.05) is 0 Å². The number of carbonyl (C=O) groups is 1. The van der Waals surface area contributed by atoms with E-state index >= 15 is 0 Å². The zero-order valence-corrected chi connectivity index (χ0v) is 26.7. The molecule has 6 nitrogen and oxygen atoms in total. The molecule has 0 aliphatic carbocycles. The van der Waals surface area contributed by atoms with Crippen LogP contribution in [0, 0.1) is 5.41 Å². The van der Waals surface area contributed by atoms with Crippen molar-refractivity contribution in [1.29, 1.82) is 0 Å². The van der Waals surface area contributed by atoms with Crippen LogP contribution in [0.25, 0.3) is 21.0 Å². The summed E-state index contributed by atoms with van der Waals surface area (Å²) in [4.78, 5) is 25.0. The number of hydrogen-bond acceptors (Lipinski definition) is 5. The number of amides is 1. The highest BCUT2D eigenvalue weighted by atomic mass is 32.1. The first-order chi connectivity index (χ1) is 20.9. The number of nitrogens with zero attached hydrogens (tertiary/aromatic N) is 3. The summed E-state index contributed by atoms with van der Waals surface area (Å²) in [5.41, 5.74) is 11.4. The van der Waals surface area contributed by atoms with Gasteiger partial charge in [0.05, 0.1) is 4.88 Å². The van der Waals surface area contributed by atoms with Crippen molar-refractivity contribution in [2.24, 2.45) is 11.1 Å². The van der Waals surface area contributed by atoms with Gasteiger partial charge in [0.1, 0.15) is 0 Å². The number of nitrogens with one attached hydrogen (secondary N) is 1. The lowest BCUT2D eigenvalue weighted by Gasteiger charge is -2.57. The Morgan fingerprint density at radius 1 is 1.07 bits per heavy atom. The zero-order chi connectivity index (χ0) is 29.6. The number of likely N-dealkylation sites (tertiary alicyclic amines) is 2. The van der Waals surface area contributed by atoms with Crippen LogP contribution in [0.1, 0.15) is 78.7 Å². The summed E-state index contributed by atoms with van der Waals surface area (Å²) in [6, 6.07) is 18.4. The normalized spacial score (nSPS) is 20.7. The lowest BCUT2D eigenvalue weighted by molar-refractivity contribution is -0.0598. The summed E-state index contributed by atoms with van der Waals surface area (Å²) in [5.74, 6) is -0.0500. The fraction of sp³-hybridized carbons (Fsp3) is 0.528. The molecular formula is C36H47N5OS. The summed E-state index contributed by atoms with van der Waals surface area (Å²) in [5, 5.41) is 2.45. The maximum Gasteiger partial charge on any atom is 0.259 e. The molecule has 3 saturated heterocycles. The summed E-state index contributed by atoms with van der Waals surface area (Å²) < 4.78 is 1.19. The second-order valence-corrected chi connectivity index (χ2v) is 14.8. The fourth-order valence-corrected chi connectivity index (χ4v) is 9.36. The molecule has 0 saturated carbocycles. The lowest BCUT2D eigenvalue weighted by Crippen LogP contribution is -2.64. The number of benzene rings is 2. The van der Waals surface area contributed by atoms with Crippen LogP contribution in [0.4, 0.5) is 5.69 Å². The largest absolute Gasteiger partial charge is 0.371 e. The number of unbranched alkanes of at least 4 members (excludes halogenated alkanes) is 1. The minimum absolute atomic E-state index is 0.246. The van der Waals surface area contributed by atoms with Crippen LogP contribution >= 0.6 is 11.3 Å². The average Bonchev–Trinajstić information content (AvgIpc) is 3.59. The number of para-hydroxylation sites is 1. The van der Waals surface area contributed by atoms with E-state index in [0.717, 1.165) is 55.3 Å². The van der Waals surface area contributed by atoms with E-state index < -0.39 is 0 Å². The van der Waals surface area contributed by atoms with E-state index in [-0.39, 0.29) is 11.8 Å². The molecule has 0 bridgehead atoms. The van der Waals surface area contributed by atoms with Crippen molar-refractivity contribution in [3.05, 3.63) is 64.7 Å². The van der Waals surface area contributed by atoms with Crippen molar-refractivity contribution >= 4 is 43.9 Å². The Kier molecular flexibility index (Phi) is 7.99. The third kappa shape index (κ3) is 5.72. The smallest absolute Gasteiger partial charge is 0.259 e. The number of fused-ring (bicyclic) bond motifs is 2. The Morgan fingerprint density at radius 2 is 1.84 bits per heavy atom. The SMILES string of the molecule is CCCCC(Cc1cc2ccccc2[nH]1)c1c(C(N)=O)sc2cc(N3CCC4(CC3)CN(C3CCN(C)CC3)C4)ccc12. The van der Waals surface area contributed by atoms with Gasteiger partial charge in [-0.1, -0.05) is 44.0 Å². The molecular weight excluding hydrogens is 550 g/mol. The van der Waals surface area contributed by atoms with Crippen molar-refractivity contribution < 1.29 is 4.79 Å². The summed E-state index contributed by atoms with van der Waals surface area (Å²) in [6.45, 7) is 9.55. The van der Waals surface area contributed by atoms with Crippen molar-refractivity contribution in [1.82, 2.24) is 14.8 Å². The molecule has 3 aliphatic heterocycles. The molecule has 2 aromatic heterocycles. The van der Waals surface area contributed by atoms with Crippen LogP contribution < -0.4 is 10.6 Å². The van der Waals surface area contributed by atoms with Gasteiger partial charge in [0.25, 0.3) is 5.91 Å². The maximum absolute atomic E-state index is 12.8. The maximum atomic E-state index is 12.8. The molecule has 3 aliphatic rings. The van der Waals surface area contributed by atoms with Gasteiger partial charge in [-0.15, -0.1) is 11.3 Å². The number of carbonyl (C=O) groups excluding carboxylic acids is 1. The second kappa shape index (κ2) is 11.9. The van der Waals surface area contributed by atoms with Gasteiger partial charge in [-0.2, -0.15) is 0 Å². The number of aromatic nitrogens is 1. The van der Waals surface area contributed by atoms with E-state index in [1.165, 1.54) is 84.2 Å². The standard InChI is InChI=1S/C36H47N5OS/c1-3-4-7-26(21-27-20-25-8-5-6-9-31(25)38-27)33-30-11-10-29(22-32(30)43-34(33)35(37)42)40-18-14-36(15-19-40)23-41(24-36)28-12-16-39(2)17-13-28/h5-6,8-11,20,22,26,28,38H,3-4,7,12-19,21,23-24H2,1-2H3,(H2,37,42). The molecule has 2 aromatic carbocycles. The summed E-state index contributed by atoms with van der Waals surface area (Å²) in [6.07, 6.45) is 9.40. The minimum Gasteiger partial charge on any atom is -0.371 e. The summed E-state index contributed by atoms with van der Waals surface area (Å²) >= 11 is 1.60. The number of piperidine rings is 2. The van der Waals surface area contributed by atoms with Crippen LogP contribution in [0.5, 0.6) is 0 Å². The fourth-order valence-electron chi connectivity index (χ4n) is 8.19. The summed E-state index contributed by atoms with van der Waals surface area (Å²) in [7, 11) is 2.25. The quantitative estimate of drug-likeness (QED) is 0.218. The Balaban J connectivity index is 1.09. The van der Waals surface area contributed by atoms with Gasteiger partial charge in [0.2, 0.25) is 0 Å². The molecule has 4 aromatic rings. The molecule has 1 spiro atoms. The molecule has 5 heterocycles. The third-order valence-corrected chi connectivity index (χ3v) is 12.0. The molecule has 7 rings (SSSR count). The average molecular weight is 598 g/mol. The van der Waals surface area contributed by atoms with E-state index in [9.17, 15) is 4.79 Å². The minimum atomic E-state index is -0.296. The molecule has 7 heteroatoms. The van der Waals surface area contributed by atoms with Crippen LogP contribution in [0.3, 0.4) is 0 Å². The first-order valence-corrected chi connectivity index (χ1v) is 17.3. The first kappa shape index (κ1) is 28.9. The number of rotatable bonds is 9. The van der Waals surface area contributed by atoms with Crippen LogP contribution in [0.15, 0.2) is 48.5 Å². The predicted molar refractivity (Wildman–Crippen MR) is 181 cm³/mol. The van der Waals surface area contributed by atoms with Gasteiger partial charge < -0.3 is 20.5 Å². The number of aromatic amines is 1. The van der Waals surface area contributed by atoms with E-state index in [4.69, 9.17) is 5.73 Å². The van der Waals surface area contributed by atoms with Crippen LogP contribution in [0.2, 0.25) is 0 Å². The number of H-pyrrole nitrogens is 1.